The number of nitrogens with one attached hydrogen (secondary N) is 1. The smallest absolute Gasteiger partial charge is 0.236 e. The number of hydrogen-bond donors (Lipinski definition) is 1. The van der Waals surface area contributed by atoms with Crippen molar-refractivity contribution in [3.05, 3.63) is 65.6 Å². The number of rotatable bonds is 6. The van der Waals surface area contributed by atoms with Gasteiger partial charge in [0.2, 0.25) is 5.91 Å². The van der Waals surface area contributed by atoms with Gasteiger partial charge in [-0.1, -0.05) is 23.7 Å². The molecular formula is C27H30ClN7O. The van der Waals surface area contributed by atoms with Crippen LogP contribution in [0.1, 0.15) is 18.5 Å². The van der Waals surface area contributed by atoms with Gasteiger partial charge in [0, 0.05) is 66.8 Å². The number of hydrogen-bond acceptors (Lipinski definition) is 7. The first-order valence-electron chi connectivity index (χ1n) is 12.1. The summed E-state index contributed by atoms with van der Waals surface area (Å²) >= 11 is 6.54. The fraction of sp³-hybridized carbons (Fsp3) is 0.333. The van der Waals surface area contributed by atoms with Crippen LogP contribution in [-0.2, 0) is 4.79 Å². The zero-order valence-corrected chi connectivity index (χ0v) is 21.5. The summed E-state index contributed by atoms with van der Waals surface area (Å²) in [5, 5.41) is 6.26. The monoisotopic (exact) mass is 503 g/mol. The standard InChI is InChI=1S/C27H30ClN7O/c1-18(31-24-8-10-30-23-7-9-29-16-21(23)24)20-15-19-5-4-6-22(28)26(19)32-27(20)35-13-11-34(12-14-35)25(36)17-33(2)3/h4-10,15-16,18H,11-14,17H2,1-3H3,(H,30,31)/t18-/m0/s1. The molecule has 1 aromatic carbocycles. The number of aromatic nitrogens is 3. The summed E-state index contributed by atoms with van der Waals surface area (Å²) in [7, 11) is 3.83. The van der Waals surface area contributed by atoms with Crippen LogP contribution >= 0.6 is 11.6 Å². The van der Waals surface area contributed by atoms with E-state index in [4.69, 9.17) is 16.6 Å². The van der Waals surface area contributed by atoms with Crippen molar-refractivity contribution >= 4 is 50.8 Å². The molecule has 1 aliphatic rings. The van der Waals surface area contributed by atoms with Crippen molar-refractivity contribution in [1.82, 2.24) is 24.8 Å². The van der Waals surface area contributed by atoms with Gasteiger partial charge in [0.15, 0.2) is 0 Å². The maximum Gasteiger partial charge on any atom is 0.236 e. The summed E-state index contributed by atoms with van der Waals surface area (Å²) in [5.74, 6) is 1.05. The van der Waals surface area contributed by atoms with Crippen molar-refractivity contribution in [3.63, 3.8) is 0 Å². The normalized spacial score (nSPS) is 15.0. The molecular weight excluding hydrogens is 474 g/mol. The second kappa shape index (κ2) is 10.2. The van der Waals surface area contributed by atoms with Gasteiger partial charge in [-0.3, -0.25) is 14.8 Å². The number of halogens is 1. The summed E-state index contributed by atoms with van der Waals surface area (Å²) in [6.45, 7) is 5.31. The first-order chi connectivity index (χ1) is 17.4. The van der Waals surface area contributed by atoms with E-state index in [9.17, 15) is 4.79 Å². The van der Waals surface area contributed by atoms with Crippen LogP contribution < -0.4 is 10.2 Å². The molecule has 1 amide bonds. The SMILES string of the molecule is C[C@H](Nc1ccnc2ccncc12)c1cc2cccc(Cl)c2nc1N1CCN(C(=O)CN(C)C)CC1. The Morgan fingerprint density at radius 1 is 1.14 bits per heavy atom. The molecule has 4 heterocycles. The van der Waals surface area contributed by atoms with Crippen LogP contribution in [-0.4, -0.2) is 77.5 Å². The van der Waals surface area contributed by atoms with E-state index in [1.165, 1.54) is 0 Å². The first-order valence-corrected chi connectivity index (χ1v) is 12.5. The topological polar surface area (TPSA) is 77.5 Å². The van der Waals surface area contributed by atoms with Crippen LogP contribution in [0.25, 0.3) is 21.8 Å². The van der Waals surface area contributed by atoms with Crippen LogP contribution in [0.4, 0.5) is 11.5 Å². The minimum atomic E-state index is -0.0462. The van der Waals surface area contributed by atoms with E-state index < -0.39 is 0 Å². The molecule has 0 radical (unpaired) electrons. The maximum absolute atomic E-state index is 12.6. The third-order valence-corrected chi connectivity index (χ3v) is 6.87. The van der Waals surface area contributed by atoms with Crippen molar-refractivity contribution in [2.45, 2.75) is 13.0 Å². The van der Waals surface area contributed by atoms with Gasteiger partial charge in [-0.05, 0) is 45.3 Å². The molecule has 1 aliphatic heterocycles. The van der Waals surface area contributed by atoms with Gasteiger partial charge in [-0.15, -0.1) is 0 Å². The molecule has 4 aromatic rings. The fourth-order valence-electron chi connectivity index (χ4n) is 4.71. The number of fused-ring (bicyclic) bond motifs is 2. The molecule has 0 spiro atoms. The molecule has 0 aliphatic carbocycles. The van der Waals surface area contributed by atoms with Crippen LogP contribution in [0.15, 0.2) is 55.0 Å². The summed E-state index contributed by atoms with van der Waals surface area (Å²) in [5.41, 5.74) is 3.72. The van der Waals surface area contributed by atoms with Crippen molar-refractivity contribution in [3.8, 4) is 0 Å². The molecule has 36 heavy (non-hydrogen) atoms. The first kappa shape index (κ1) is 24.2. The number of para-hydroxylation sites is 1. The van der Waals surface area contributed by atoms with Crippen LogP contribution in [0.2, 0.25) is 5.02 Å². The van der Waals surface area contributed by atoms with Gasteiger partial charge in [-0.2, -0.15) is 0 Å². The lowest BCUT2D eigenvalue weighted by Gasteiger charge is -2.37. The summed E-state index contributed by atoms with van der Waals surface area (Å²) < 4.78 is 0. The molecule has 0 unspecified atom stereocenters. The Kier molecular flexibility index (Phi) is 6.89. The second-order valence-electron chi connectivity index (χ2n) is 9.44. The number of carbonyl (C=O) groups excluding carboxylic acids is 1. The van der Waals surface area contributed by atoms with E-state index in [1.54, 1.807) is 12.4 Å². The number of likely N-dealkylation sites (N-methyl/N-ethyl adjacent to an activating group) is 1. The van der Waals surface area contributed by atoms with Gasteiger partial charge in [0.25, 0.3) is 0 Å². The zero-order chi connectivity index (χ0) is 25.2. The third kappa shape index (κ3) is 4.92. The minimum Gasteiger partial charge on any atom is -0.378 e. The van der Waals surface area contributed by atoms with E-state index in [0.717, 1.165) is 38.9 Å². The molecule has 0 bridgehead atoms. The van der Waals surface area contributed by atoms with Gasteiger partial charge < -0.3 is 20.0 Å². The number of pyridine rings is 3. The number of benzene rings is 1. The highest BCUT2D eigenvalue weighted by molar-refractivity contribution is 6.35. The lowest BCUT2D eigenvalue weighted by atomic mass is 10.0. The molecule has 1 fully saturated rings. The van der Waals surface area contributed by atoms with E-state index in [-0.39, 0.29) is 11.9 Å². The Hall–Kier alpha value is -3.49. The Balaban J connectivity index is 1.47. The largest absolute Gasteiger partial charge is 0.378 e. The summed E-state index contributed by atoms with van der Waals surface area (Å²) in [6.07, 6.45) is 5.39. The quantitative estimate of drug-likeness (QED) is 0.422. The van der Waals surface area contributed by atoms with Crippen LogP contribution in [0.5, 0.6) is 0 Å². The highest BCUT2D eigenvalue weighted by Gasteiger charge is 2.26. The zero-order valence-electron chi connectivity index (χ0n) is 20.8. The van der Waals surface area contributed by atoms with Gasteiger partial charge >= 0.3 is 0 Å². The average molecular weight is 504 g/mol. The second-order valence-corrected chi connectivity index (χ2v) is 9.84. The summed E-state index contributed by atoms with van der Waals surface area (Å²) in [6, 6.07) is 11.9. The minimum absolute atomic E-state index is 0.0462. The van der Waals surface area contributed by atoms with E-state index in [2.05, 4.69) is 33.2 Å². The molecule has 1 saturated heterocycles. The average Bonchev–Trinajstić information content (AvgIpc) is 2.88. The van der Waals surface area contributed by atoms with Crippen molar-refractivity contribution < 1.29 is 4.79 Å². The van der Waals surface area contributed by atoms with Gasteiger partial charge in [0.05, 0.1) is 28.6 Å². The molecule has 1 N–H and O–H groups in total. The number of amides is 1. The number of piperazine rings is 1. The summed E-state index contributed by atoms with van der Waals surface area (Å²) in [4.78, 5) is 32.5. The van der Waals surface area contributed by atoms with E-state index in [1.807, 2.05) is 60.4 Å². The fourth-order valence-corrected chi connectivity index (χ4v) is 4.93. The van der Waals surface area contributed by atoms with Crippen LogP contribution in [0, 0.1) is 0 Å². The Bertz CT molecular complexity index is 1400. The van der Waals surface area contributed by atoms with Crippen molar-refractivity contribution in [2.24, 2.45) is 0 Å². The Morgan fingerprint density at radius 2 is 1.94 bits per heavy atom. The van der Waals surface area contributed by atoms with E-state index in [0.29, 0.717) is 37.7 Å². The van der Waals surface area contributed by atoms with Crippen LogP contribution in [0.3, 0.4) is 0 Å². The predicted octanol–water partition coefficient (Wildman–Crippen LogP) is 4.21. The lowest BCUT2D eigenvalue weighted by molar-refractivity contribution is -0.132. The van der Waals surface area contributed by atoms with Crippen molar-refractivity contribution in [2.75, 3.05) is 57.0 Å². The highest BCUT2D eigenvalue weighted by atomic mass is 35.5. The van der Waals surface area contributed by atoms with Gasteiger partial charge in [-0.25, -0.2) is 4.98 Å². The molecule has 9 heteroatoms. The predicted molar refractivity (Wildman–Crippen MR) is 146 cm³/mol. The number of carbonyl (C=O) groups is 1. The molecule has 0 saturated carbocycles. The Labute approximate surface area is 215 Å². The van der Waals surface area contributed by atoms with E-state index >= 15 is 0 Å². The van der Waals surface area contributed by atoms with Crippen molar-refractivity contribution in [1.29, 1.82) is 0 Å². The van der Waals surface area contributed by atoms with Gasteiger partial charge in [0.1, 0.15) is 5.82 Å². The molecule has 8 nitrogen and oxygen atoms in total. The number of nitrogens with zero attached hydrogens (tertiary/aromatic N) is 6. The molecule has 5 rings (SSSR count). The molecule has 1 atom stereocenters. The highest BCUT2D eigenvalue weighted by Crippen LogP contribution is 2.34. The molecule has 3 aromatic heterocycles. The maximum atomic E-state index is 12.6. The molecule has 186 valence electrons. The Morgan fingerprint density at radius 3 is 2.72 bits per heavy atom. The number of anilines is 2. The third-order valence-electron chi connectivity index (χ3n) is 6.57. The lowest BCUT2D eigenvalue weighted by Crippen LogP contribution is -2.51.